The van der Waals surface area contributed by atoms with Gasteiger partial charge in [0, 0.05) is 14.9 Å². The van der Waals surface area contributed by atoms with Crippen LogP contribution in [0.25, 0.3) is 11.1 Å². The molecule has 0 saturated carbocycles. The van der Waals surface area contributed by atoms with E-state index in [1.807, 2.05) is 0 Å². The van der Waals surface area contributed by atoms with Gasteiger partial charge in [0.25, 0.3) is 0 Å². The zero-order valence-electron chi connectivity index (χ0n) is 16.8. The number of hydrogen-bond acceptors (Lipinski definition) is 0. The molecule has 2 heteroatoms. The second-order valence-corrected chi connectivity index (χ2v) is 9.92. The van der Waals surface area contributed by atoms with Crippen LogP contribution in [0.2, 0.25) is 0 Å². The topological polar surface area (TPSA) is 0 Å². The van der Waals surface area contributed by atoms with Crippen LogP contribution in [-0.4, -0.2) is 0 Å². The van der Waals surface area contributed by atoms with E-state index in [2.05, 4.69) is 76.0 Å². The number of benzene rings is 2. The number of hydrogen-bond donors (Lipinski definition) is 0. The van der Waals surface area contributed by atoms with E-state index in [-0.39, 0.29) is 0 Å². The lowest BCUT2D eigenvalue weighted by molar-refractivity contribution is 0.547. The minimum atomic E-state index is 0.549. The van der Waals surface area contributed by atoms with Gasteiger partial charge in [0.15, 0.2) is 0 Å². The monoisotopic (exact) mass is 490 g/mol. The number of unbranched alkanes of at least 4 members (excludes halogenated alkanes) is 8. The predicted molar refractivity (Wildman–Crippen MR) is 126 cm³/mol. The third-order valence-corrected chi connectivity index (χ3v) is 6.91. The molecule has 1 unspecified atom stereocenters. The van der Waals surface area contributed by atoms with Gasteiger partial charge < -0.3 is 0 Å². The van der Waals surface area contributed by atoms with E-state index in [0.717, 1.165) is 0 Å². The Morgan fingerprint density at radius 2 is 1.37 bits per heavy atom. The molecule has 3 rings (SSSR count). The average molecular weight is 492 g/mol. The highest BCUT2D eigenvalue weighted by atomic mass is 79.9. The second kappa shape index (κ2) is 10.3. The Kier molecular flexibility index (Phi) is 8.02. The van der Waals surface area contributed by atoms with Crippen molar-refractivity contribution >= 4 is 31.9 Å². The zero-order valence-corrected chi connectivity index (χ0v) is 20.0. The molecule has 2 aromatic rings. The summed E-state index contributed by atoms with van der Waals surface area (Å²) in [6, 6.07) is 11.4. The van der Waals surface area contributed by atoms with Gasteiger partial charge >= 0.3 is 0 Å². The lowest BCUT2D eigenvalue weighted by atomic mass is 9.90. The predicted octanol–water partition coefficient (Wildman–Crippen LogP) is 9.55. The molecule has 0 radical (unpaired) electrons. The van der Waals surface area contributed by atoms with Gasteiger partial charge in [-0.3, -0.25) is 0 Å². The van der Waals surface area contributed by atoms with Crippen LogP contribution in [0, 0.1) is 6.92 Å². The largest absolute Gasteiger partial charge is 0.0654 e. The summed E-state index contributed by atoms with van der Waals surface area (Å²) in [5.74, 6) is 0.549. The van der Waals surface area contributed by atoms with Crippen molar-refractivity contribution < 1.29 is 0 Å². The number of aryl methyl sites for hydroxylation is 1. The number of fused-ring (bicyclic) bond motifs is 3. The molecule has 1 aliphatic carbocycles. The maximum atomic E-state index is 3.72. The van der Waals surface area contributed by atoms with Gasteiger partial charge in [-0.15, -0.1) is 0 Å². The molecule has 0 bridgehead atoms. The first kappa shape index (κ1) is 21.1. The highest BCUT2D eigenvalue weighted by Gasteiger charge is 2.29. The van der Waals surface area contributed by atoms with E-state index in [1.54, 1.807) is 0 Å². The summed E-state index contributed by atoms with van der Waals surface area (Å²) >= 11 is 7.41. The maximum Gasteiger partial charge on any atom is 0.0181 e. The molecular weight excluding hydrogens is 460 g/mol. The molecule has 0 fully saturated rings. The fraction of sp³-hybridized carbons (Fsp3) is 0.520. The third kappa shape index (κ3) is 5.26. The summed E-state index contributed by atoms with van der Waals surface area (Å²) in [6.45, 7) is 4.54. The second-order valence-electron chi connectivity index (χ2n) is 8.09. The third-order valence-electron chi connectivity index (χ3n) is 5.96. The van der Waals surface area contributed by atoms with E-state index in [9.17, 15) is 0 Å². The first-order valence-electron chi connectivity index (χ1n) is 10.7. The van der Waals surface area contributed by atoms with Gasteiger partial charge in [0.1, 0.15) is 0 Å². The van der Waals surface area contributed by atoms with E-state index < -0.39 is 0 Å². The van der Waals surface area contributed by atoms with Gasteiger partial charge in [-0.05, 0) is 65.4 Å². The van der Waals surface area contributed by atoms with Crippen molar-refractivity contribution in [2.24, 2.45) is 0 Å². The number of rotatable bonds is 10. The highest BCUT2D eigenvalue weighted by Crippen LogP contribution is 2.50. The summed E-state index contributed by atoms with van der Waals surface area (Å²) in [7, 11) is 0. The average Bonchev–Trinajstić information content (AvgIpc) is 2.93. The van der Waals surface area contributed by atoms with Crippen LogP contribution in [0.1, 0.15) is 93.7 Å². The van der Waals surface area contributed by atoms with Crippen molar-refractivity contribution in [3.8, 4) is 11.1 Å². The van der Waals surface area contributed by atoms with E-state index in [1.165, 1.54) is 101 Å². The van der Waals surface area contributed by atoms with Crippen molar-refractivity contribution in [3.63, 3.8) is 0 Å². The van der Waals surface area contributed by atoms with Crippen LogP contribution >= 0.6 is 31.9 Å². The van der Waals surface area contributed by atoms with Gasteiger partial charge in [-0.2, -0.15) is 0 Å². The van der Waals surface area contributed by atoms with Crippen LogP contribution in [0.4, 0.5) is 0 Å². The number of halogens is 2. The lowest BCUT2D eigenvalue weighted by Crippen LogP contribution is -1.97. The quantitative estimate of drug-likeness (QED) is 0.290. The van der Waals surface area contributed by atoms with Crippen molar-refractivity contribution in [2.75, 3.05) is 0 Å². The zero-order chi connectivity index (χ0) is 19.2. The summed E-state index contributed by atoms with van der Waals surface area (Å²) in [5.41, 5.74) is 7.34. The van der Waals surface area contributed by atoms with Crippen molar-refractivity contribution in [1.29, 1.82) is 0 Å². The molecule has 146 valence electrons. The van der Waals surface area contributed by atoms with Crippen molar-refractivity contribution in [2.45, 2.75) is 84.0 Å². The molecule has 1 atom stereocenters. The minimum Gasteiger partial charge on any atom is -0.0654 e. The van der Waals surface area contributed by atoms with Crippen LogP contribution in [-0.2, 0) is 0 Å². The first-order chi connectivity index (χ1) is 13.1. The van der Waals surface area contributed by atoms with E-state index >= 15 is 0 Å². The summed E-state index contributed by atoms with van der Waals surface area (Å²) in [4.78, 5) is 0. The molecule has 0 aromatic heterocycles. The Hall–Kier alpha value is -0.600. The normalized spacial score (nSPS) is 15.0. The summed E-state index contributed by atoms with van der Waals surface area (Å²) < 4.78 is 2.41. The SMILES string of the molecule is CCCCCCCCCCCC1c2cc(Br)ccc2-c2c(C)cc(Br)cc21. The van der Waals surface area contributed by atoms with Gasteiger partial charge in [-0.25, -0.2) is 0 Å². The standard InChI is InChI=1S/C25H32Br2/c1-3-4-5-6-7-8-9-10-11-12-21-23-16-19(26)13-14-22(23)25-18(2)15-20(27)17-24(21)25/h13-17,21H,3-12H2,1-2H3. The van der Waals surface area contributed by atoms with Gasteiger partial charge in [0.2, 0.25) is 0 Å². The van der Waals surface area contributed by atoms with Crippen LogP contribution < -0.4 is 0 Å². The van der Waals surface area contributed by atoms with Crippen LogP contribution in [0.5, 0.6) is 0 Å². The van der Waals surface area contributed by atoms with Gasteiger partial charge in [-0.1, -0.05) is 103 Å². The first-order valence-corrected chi connectivity index (χ1v) is 12.3. The Labute approximate surface area is 182 Å². The summed E-state index contributed by atoms with van der Waals surface area (Å²) in [5, 5.41) is 0. The van der Waals surface area contributed by atoms with E-state index in [0.29, 0.717) is 5.92 Å². The Morgan fingerprint density at radius 1 is 0.741 bits per heavy atom. The van der Waals surface area contributed by atoms with Crippen molar-refractivity contribution in [1.82, 2.24) is 0 Å². The maximum absolute atomic E-state index is 3.72. The summed E-state index contributed by atoms with van der Waals surface area (Å²) in [6.07, 6.45) is 13.8. The fourth-order valence-electron chi connectivity index (χ4n) is 4.60. The molecule has 27 heavy (non-hydrogen) atoms. The Balaban J connectivity index is 1.60. The molecule has 2 aromatic carbocycles. The molecule has 0 N–H and O–H groups in total. The van der Waals surface area contributed by atoms with Crippen LogP contribution in [0.3, 0.4) is 0 Å². The molecule has 0 aliphatic heterocycles. The molecule has 0 spiro atoms. The molecular formula is C25H32Br2. The van der Waals surface area contributed by atoms with Crippen molar-refractivity contribution in [3.05, 3.63) is 56.0 Å². The smallest absolute Gasteiger partial charge is 0.0181 e. The minimum absolute atomic E-state index is 0.549. The Morgan fingerprint density at radius 3 is 2.07 bits per heavy atom. The Bertz CT molecular complexity index is 763. The molecule has 0 nitrogen and oxygen atoms in total. The van der Waals surface area contributed by atoms with E-state index in [4.69, 9.17) is 0 Å². The highest BCUT2D eigenvalue weighted by molar-refractivity contribution is 9.10. The molecule has 1 aliphatic rings. The molecule has 0 saturated heterocycles. The van der Waals surface area contributed by atoms with Crippen LogP contribution in [0.15, 0.2) is 39.3 Å². The molecule has 0 amide bonds. The lowest BCUT2D eigenvalue weighted by Gasteiger charge is -2.14. The van der Waals surface area contributed by atoms with Gasteiger partial charge in [0.05, 0.1) is 0 Å². The molecule has 0 heterocycles. The fourth-order valence-corrected chi connectivity index (χ4v) is 5.57.